The van der Waals surface area contributed by atoms with Gasteiger partial charge in [0.15, 0.2) is 0 Å². The van der Waals surface area contributed by atoms with Gasteiger partial charge in [0.1, 0.15) is 5.75 Å². The van der Waals surface area contributed by atoms with Crippen LogP contribution in [0.1, 0.15) is 26.3 Å². The predicted molar refractivity (Wildman–Crippen MR) is 79.2 cm³/mol. The lowest BCUT2D eigenvalue weighted by molar-refractivity contribution is 0.0698. The molecule has 0 saturated carbocycles. The Labute approximate surface area is 125 Å². The Hall–Kier alpha value is -2.53. The van der Waals surface area contributed by atoms with Crippen molar-refractivity contribution in [3.63, 3.8) is 0 Å². The van der Waals surface area contributed by atoms with Crippen molar-refractivity contribution in [2.75, 3.05) is 5.32 Å². The lowest BCUT2D eigenvalue weighted by Crippen LogP contribution is -2.15. The number of aryl methyl sites for hydroxylation is 1. The van der Waals surface area contributed by atoms with Gasteiger partial charge in [-0.2, -0.15) is 0 Å². The Balaban J connectivity index is 2.31. The number of nitrogens with one attached hydrogen (secondary N) is 1. The second kappa shape index (κ2) is 5.85. The highest BCUT2D eigenvalue weighted by molar-refractivity contribution is 6.31. The molecule has 0 fully saturated rings. The van der Waals surface area contributed by atoms with Crippen LogP contribution >= 0.6 is 11.6 Å². The third-order valence-corrected chi connectivity index (χ3v) is 3.15. The van der Waals surface area contributed by atoms with E-state index in [0.29, 0.717) is 11.1 Å². The number of carboxylic acid groups (broad SMARTS) is 1. The number of rotatable bonds is 3. The molecule has 0 aliphatic rings. The van der Waals surface area contributed by atoms with Gasteiger partial charge in [-0.05, 0) is 48.9 Å². The van der Waals surface area contributed by atoms with Crippen LogP contribution in [0, 0.1) is 6.92 Å². The Morgan fingerprint density at radius 2 is 1.86 bits per heavy atom. The van der Waals surface area contributed by atoms with E-state index in [9.17, 15) is 14.7 Å². The number of hydrogen-bond donors (Lipinski definition) is 3. The average molecular weight is 306 g/mol. The molecule has 108 valence electrons. The standard InChI is InChI=1S/C15H12ClNO4/c1-8-6-9(2-5-13(8)18)14(19)17-12-4-3-10(16)7-11(12)15(20)21/h2-7,18H,1H3,(H,17,19)(H,20,21). The maximum Gasteiger partial charge on any atom is 0.337 e. The van der Waals surface area contributed by atoms with E-state index in [1.54, 1.807) is 6.92 Å². The Bertz CT molecular complexity index is 728. The highest BCUT2D eigenvalue weighted by atomic mass is 35.5. The molecule has 0 atom stereocenters. The summed E-state index contributed by atoms with van der Waals surface area (Å²) < 4.78 is 0. The molecule has 2 aromatic carbocycles. The number of aromatic carboxylic acids is 1. The molecule has 2 aromatic rings. The van der Waals surface area contributed by atoms with Gasteiger partial charge in [-0.15, -0.1) is 0 Å². The number of carboxylic acids is 1. The molecule has 5 nitrogen and oxygen atoms in total. The number of hydrogen-bond acceptors (Lipinski definition) is 3. The van der Waals surface area contributed by atoms with Crippen LogP contribution in [0.15, 0.2) is 36.4 Å². The molecular formula is C15H12ClNO4. The van der Waals surface area contributed by atoms with Crippen LogP contribution in [-0.2, 0) is 0 Å². The summed E-state index contributed by atoms with van der Waals surface area (Å²) in [5.41, 5.74) is 0.933. The van der Waals surface area contributed by atoms with E-state index in [1.165, 1.54) is 36.4 Å². The number of carbonyl (C=O) groups is 2. The second-order valence-corrected chi connectivity index (χ2v) is 4.89. The summed E-state index contributed by atoms with van der Waals surface area (Å²) in [5.74, 6) is -1.57. The van der Waals surface area contributed by atoms with E-state index in [4.69, 9.17) is 16.7 Å². The third-order valence-electron chi connectivity index (χ3n) is 2.92. The van der Waals surface area contributed by atoms with Gasteiger partial charge in [0.2, 0.25) is 0 Å². The van der Waals surface area contributed by atoms with Crippen molar-refractivity contribution in [2.45, 2.75) is 6.92 Å². The second-order valence-electron chi connectivity index (χ2n) is 4.45. The third kappa shape index (κ3) is 3.32. The summed E-state index contributed by atoms with van der Waals surface area (Å²) in [6.45, 7) is 1.66. The van der Waals surface area contributed by atoms with E-state index in [-0.39, 0.29) is 22.0 Å². The first-order valence-electron chi connectivity index (χ1n) is 6.02. The van der Waals surface area contributed by atoms with E-state index < -0.39 is 11.9 Å². The van der Waals surface area contributed by atoms with Crippen molar-refractivity contribution in [1.82, 2.24) is 0 Å². The number of amides is 1. The molecule has 1 amide bonds. The molecule has 0 saturated heterocycles. The molecule has 0 bridgehead atoms. The number of anilines is 1. The molecule has 21 heavy (non-hydrogen) atoms. The minimum absolute atomic E-state index is 0.0873. The van der Waals surface area contributed by atoms with Crippen molar-refractivity contribution in [2.24, 2.45) is 0 Å². The molecule has 2 rings (SSSR count). The molecule has 3 N–H and O–H groups in total. The van der Waals surface area contributed by atoms with E-state index >= 15 is 0 Å². The minimum Gasteiger partial charge on any atom is -0.508 e. The fraction of sp³-hybridized carbons (Fsp3) is 0.0667. The first-order valence-corrected chi connectivity index (χ1v) is 6.40. The molecule has 0 aliphatic heterocycles. The first-order chi connectivity index (χ1) is 9.88. The Morgan fingerprint density at radius 3 is 2.48 bits per heavy atom. The minimum atomic E-state index is -1.19. The lowest BCUT2D eigenvalue weighted by atomic mass is 10.1. The largest absolute Gasteiger partial charge is 0.508 e. The fourth-order valence-corrected chi connectivity index (χ4v) is 1.97. The number of benzene rings is 2. The van der Waals surface area contributed by atoms with Gasteiger partial charge in [0, 0.05) is 10.6 Å². The number of aromatic hydroxyl groups is 1. The smallest absolute Gasteiger partial charge is 0.337 e. The van der Waals surface area contributed by atoms with E-state index in [0.717, 1.165) is 0 Å². The summed E-state index contributed by atoms with van der Waals surface area (Å²) in [7, 11) is 0. The van der Waals surface area contributed by atoms with Crippen molar-refractivity contribution in [3.05, 3.63) is 58.1 Å². The number of phenolic OH excluding ortho intramolecular Hbond substituents is 1. The normalized spacial score (nSPS) is 10.2. The quantitative estimate of drug-likeness (QED) is 0.812. The zero-order chi connectivity index (χ0) is 15.6. The summed E-state index contributed by atoms with van der Waals surface area (Å²) >= 11 is 5.75. The highest BCUT2D eigenvalue weighted by Gasteiger charge is 2.14. The zero-order valence-corrected chi connectivity index (χ0v) is 11.8. The van der Waals surface area contributed by atoms with Crippen LogP contribution in [0.5, 0.6) is 5.75 Å². The summed E-state index contributed by atoms with van der Waals surface area (Å²) in [5, 5.41) is 21.3. The van der Waals surface area contributed by atoms with Crippen molar-refractivity contribution in [3.8, 4) is 5.75 Å². The fourth-order valence-electron chi connectivity index (χ4n) is 1.79. The van der Waals surface area contributed by atoms with Crippen LogP contribution < -0.4 is 5.32 Å². The van der Waals surface area contributed by atoms with Gasteiger partial charge < -0.3 is 15.5 Å². The average Bonchev–Trinajstić information content (AvgIpc) is 2.43. The molecule has 0 aromatic heterocycles. The predicted octanol–water partition coefficient (Wildman–Crippen LogP) is 3.30. The van der Waals surface area contributed by atoms with Gasteiger partial charge in [-0.1, -0.05) is 11.6 Å². The van der Waals surface area contributed by atoms with E-state index in [2.05, 4.69) is 5.32 Å². The first kappa shape index (κ1) is 14.9. The molecule has 0 radical (unpaired) electrons. The van der Waals surface area contributed by atoms with Crippen molar-refractivity contribution < 1.29 is 19.8 Å². The maximum absolute atomic E-state index is 12.1. The molecular weight excluding hydrogens is 294 g/mol. The molecule has 0 heterocycles. The van der Waals surface area contributed by atoms with Crippen LogP contribution in [0.2, 0.25) is 5.02 Å². The summed E-state index contributed by atoms with van der Waals surface area (Å²) in [6.07, 6.45) is 0. The Kier molecular flexibility index (Phi) is 4.14. The van der Waals surface area contributed by atoms with Gasteiger partial charge in [0.05, 0.1) is 11.3 Å². The zero-order valence-electron chi connectivity index (χ0n) is 11.1. The van der Waals surface area contributed by atoms with Crippen LogP contribution in [0.25, 0.3) is 0 Å². The highest BCUT2D eigenvalue weighted by Crippen LogP contribution is 2.22. The van der Waals surface area contributed by atoms with Gasteiger partial charge in [-0.25, -0.2) is 4.79 Å². The molecule has 6 heteroatoms. The summed E-state index contributed by atoms with van der Waals surface area (Å²) in [6, 6.07) is 8.56. The van der Waals surface area contributed by atoms with E-state index in [1.807, 2.05) is 0 Å². The number of carbonyl (C=O) groups excluding carboxylic acids is 1. The Morgan fingerprint density at radius 1 is 1.14 bits per heavy atom. The summed E-state index contributed by atoms with van der Waals surface area (Å²) in [4.78, 5) is 23.3. The monoisotopic (exact) mass is 305 g/mol. The van der Waals surface area contributed by atoms with Crippen molar-refractivity contribution >= 4 is 29.2 Å². The van der Waals surface area contributed by atoms with Gasteiger partial charge >= 0.3 is 5.97 Å². The topological polar surface area (TPSA) is 86.6 Å². The van der Waals surface area contributed by atoms with Gasteiger partial charge in [0.25, 0.3) is 5.91 Å². The number of phenols is 1. The SMILES string of the molecule is Cc1cc(C(=O)Nc2ccc(Cl)cc2C(=O)O)ccc1O. The van der Waals surface area contributed by atoms with Gasteiger partial charge in [-0.3, -0.25) is 4.79 Å². The molecule has 0 unspecified atom stereocenters. The lowest BCUT2D eigenvalue weighted by Gasteiger charge is -2.09. The molecule has 0 aliphatic carbocycles. The van der Waals surface area contributed by atoms with Crippen LogP contribution in [0.4, 0.5) is 5.69 Å². The maximum atomic E-state index is 12.1. The number of halogens is 1. The van der Waals surface area contributed by atoms with Crippen molar-refractivity contribution in [1.29, 1.82) is 0 Å². The van der Waals surface area contributed by atoms with Crippen LogP contribution in [-0.4, -0.2) is 22.1 Å². The van der Waals surface area contributed by atoms with Crippen LogP contribution in [0.3, 0.4) is 0 Å². The molecule has 0 spiro atoms.